The summed E-state index contributed by atoms with van der Waals surface area (Å²) < 4.78 is 23.9. The molecule has 0 saturated heterocycles. The second kappa shape index (κ2) is 7.76. The Morgan fingerprint density at radius 1 is 1.28 bits per heavy atom. The molecular formula is C13H21FN2O2. The minimum Gasteiger partial charge on any atom is -0.491 e. The molecule has 0 aliphatic rings. The van der Waals surface area contributed by atoms with Gasteiger partial charge in [-0.15, -0.1) is 0 Å². The van der Waals surface area contributed by atoms with E-state index in [2.05, 4.69) is 5.32 Å². The van der Waals surface area contributed by atoms with Crippen LogP contribution in [0.15, 0.2) is 12.1 Å². The smallest absolute Gasteiger partial charge is 0.167 e. The van der Waals surface area contributed by atoms with Crippen molar-refractivity contribution in [3.8, 4) is 5.75 Å². The summed E-state index contributed by atoms with van der Waals surface area (Å²) in [5.41, 5.74) is 6.81. The standard InChI is InChI=1S/C13H21FN2O2/c1-3-17-7-5-6-16-12-9-13(18-4-2)10(14)8-11(12)15/h8-9,16H,3-7,15H2,1-2H3. The van der Waals surface area contributed by atoms with Gasteiger partial charge < -0.3 is 20.5 Å². The molecule has 0 aromatic heterocycles. The average molecular weight is 256 g/mol. The van der Waals surface area contributed by atoms with Crippen molar-refractivity contribution in [1.82, 2.24) is 0 Å². The first-order valence-electron chi connectivity index (χ1n) is 6.22. The highest BCUT2D eigenvalue weighted by atomic mass is 19.1. The molecule has 1 aromatic carbocycles. The zero-order valence-electron chi connectivity index (χ0n) is 11.0. The van der Waals surface area contributed by atoms with Gasteiger partial charge in [-0.1, -0.05) is 0 Å². The molecule has 0 aliphatic heterocycles. The lowest BCUT2D eigenvalue weighted by Crippen LogP contribution is -2.08. The van der Waals surface area contributed by atoms with Crippen LogP contribution >= 0.6 is 0 Å². The van der Waals surface area contributed by atoms with E-state index >= 15 is 0 Å². The largest absolute Gasteiger partial charge is 0.491 e. The van der Waals surface area contributed by atoms with Gasteiger partial charge in [0.15, 0.2) is 11.6 Å². The summed E-state index contributed by atoms with van der Waals surface area (Å²) in [5.74, 6) is -0.215. The van der Waals surface area contributed by atoms with Gasteiger partial charge in [0.1, 0.15) is 0 Å². The molecule has 0 atom stereocenters. The predicted octanol–water partition coefficient (Wildman–Crippen LogP) is 2.65. The van der Waals surface area contributed by atoms with Crippen LogP contribution in [-0.4, -0.2) is 26.4 Å². The summed E-state index contributed by atoms with van der Waals surface area (Å²) >= 11 is 0. The molecule has 0 amide bonds. The summed E-state index contributed by atoms with van der Waals surface area (Å²) in [6.45, 7) is 6.33. The van der Waals surface area contributed by atoms with E-state index in [0.717, 1.165) is 13.0 Å². The molecule has 0 aliphatic carbocycles. The third-order valence-electron chi connectivity index (χ3n) is 2.39. The highest BCUT2D eigenvalue weighted by Crippen LogP contribution is 2.28. The van der Waals surface area contributed by atoms with Gasteiger partial charge in [0.05, 0.1) is 18.0 Å². The fourth-order valence-corrected chi connectivity index (χ4v) is 1.53. The van der Waals surface area contributed by atoms with Gasteiger partial charge in [-0.25, -0.2) is 4.39 Å². The number of rotatable bonds is 8. The van der Waals surface area contributed by atoms with E-state index < -0.39 is 5.82 Å². The van der Waals surface area contributed by atoms with Gasteiger partial charge in [0.2, 0.25) is 0 Å². The van der Waals surface area contributed by atoms with Gasteiger partial charge in [-0.05, 0) is 20.3 Å². The molecule has 0 unspecified atom stereocenters. The summed E-state index contributed by atoms with van der Waals surface area (Å²) in [7, 11) is 0. The van der Waals surface area contributed by atoms with E-state index in [-0.39, 0.29) is 5.75 Å². The Kier molecular flexibility index (Phi) is 6.28. The van der Waals surface area contributed by atoms with Crippen LogP contribution in [0.5, 0.6) is 5.75 Å². The normalized spacial score (nSPS) is 10.4. The third kappa shape index (κ3) is 4.41. The number of benzene rings is 1. The molecule has 5 heteroatoms. The maximum atomic E-state index is 13.5. The van der Waals surface area contributed by atoms with Crippen molar-refractivity contribution in [3.63, 3.8) is 0 Å². The van der Waals surface area contributed by atoms with E-state index in [9.17, 15) is 4.39 Å². The Hall–Kier alpha value is -1.49. The van der Waals surface area contributed by atoms with E-state index in [1.54, 1.807) is 6.07 Å². The summed E-state index contributed by atoms with van der Waals surface area (Å²) in [5, 5.41) is 3.15. The molecule has 3 N–H and O–H groups in total. The molecular weight excluding hydrogens is 235 g/mol. The minimum absolute atomic E-state index is 0.221. The Labute approximate surface area is 107 Å². The first-order valence-corrected chi connectivity index (χ1v) is 6.22. The molecule has 18 heavy (non-hydrogen) atoms. The van der Waals surface area contributed by atoms with Crippen molar-refractivity contribution in [1.29, 1.82) is 0 Å². The van der Waals surface area contributed by atoms with Gasteiger partial charge in [0, 0.05) is 31.9 Å². The molecule has 1 rings (SSSR count). The highest BCUT2D eigenvalue weighted by Gasteiger charge is 2.08. The lowest BCUT2D eigenvalue weighted by Gasteiger charge is -2.12. The Morgan fingerprint density at radius 3 is 2.72 bits per heavy atom. The van der Waals surface area contributed by atoms with Crippen molar-refractivity contribution in [2.24, 2.45) is 0 Å². The molecule has 4 nitrogen and oxygen atoms in total. The molecule has 102 valence electrons. The van der Waals surface area contributed by atoms with Gasteiger partial charge >= 0.3 is 0 Å². The number of ether oxygens (including phenoxy) is 2. The average Bonchev–Trinajstić information content (AvgIpc) is 2.34. The maximum Gasteiger partial charge on any atom is 0.167 e. The van der Waals surface area contributed by atoms with E-state index in [4.69, 9.17) is 15.2 Å². The Balaban J connectivity index is 2.56. The van der Waals surface area contributed by atoms with Crippen LogP contribution in [-0.2, 0) is 4.74 Å². The molecule has 0 heterocycles. The maximum absolute atomic E-state index is 13.5. The lowest BCUT2D eigenvalue weighted by molar-refractivity contribution is 0.147. The zero-order chi connectivity index (χ0) is 13.4. The number of nitrogens with one attached hydrogen (secondary N) is 1. The zero-order valence-corrected chi connectivity index (χ0v) is 11.0. The van der Waals surface area contributed by atoms with Crippen molar-refractivity contribution in [2.45, 2.75) is 20.3 Å². The third-order valence-corrected chi connectivity index (χ3v) is 2.39. The van der Waals surface area contributed by atoms with Gasteiger partial charge in [0.25, 0.3) is 0 Å². The van der Waals surface area contributed by atoms with Crippen LogP contribution in [0.1, 0.15) is 20.3 Å². The first-order chi connectivity index (χ1) is 8.69. The van der Waals surface area contributed by atoms with Crippen LogP contribution in [0.2, 0.25) is 0 Å². The number of hydrogen-bond donors (Lipinski definition) is 2. The predicted molar refractivity (Wildman–Crippen MR) is 71.6 cm³/mol. The SMILES string of the molecule is CCOCCCNc1cc(OCC)c(F)cc1N. The number of nitrogens with two attached hydrogens (primary N) is 1. The lowest BCUT2D eigenvalue weighted by atomic mass is 10.2. The van der Waals surface area contributed by atoms with E-state index in [1.807, 2.05) is 13.8 Å². The van der Waals surface area contributed by atoms with E-state index in [0.29, 0.717) is 31.2 Å². The first kappa shape index (κ1) is 14.6. The highest BCUT2D eigenvalue weighted by molar-refractivity contribution is 5.68. The molecule has 0 saturated carbocycles. The summed E-state index contributed by atoms with van der Waals surface area (Å²) in [6.07, 6.45) is 0.870. The fraction of sp³-hybridized carbons (Fsp3) is 0.538. The molecule has 0 radical (unpaired) electrons. The second-order valence-electron chi connectivity index (χ2n) is 3.78. The molecule has 0 spiro atoms. The topological polar surface area (TPSA) is 56.5 Å². The molecule has 1 aromatic rings. The summed E-state index contributed by atoms with van der Waals surface area (Å²) in [6, 6.07) is 2.87. The Bertz CT molecular complexity index is 372. The summed E-state index contributed by atoms with van der Waals surface area (Å²) in [4.78, 5) is 0. The van der Waals surface area contributed by atoms with Crippen molar-refractivity contribution >= 4 is 11.4 Å². The van der Waals surface area contributed by atoms with Crippen LogP contribution in [0.3, 0.4) is 0 Å². The number of halogens is 1. The van der Waals surface area contributed by atoms with Gasteiger partial charge in [-0.2, -0.15) is 0 Å². The molecule has 0 fully saturated rings. The number of anilines is 2. The van der Waals surface area contributed by atoms with Gasteiger partial charge in [-0.3, -0.25) is 0 Å². The van der Waals surface area contributed by atoms with E-state index in [1.165, 1.54) is 6.07 Å². The van der Waals surface area contributed by atoms with Crippen molar-refractivity contribution < 1.29 is 13.9 Å². The monoisotopic (exact) mass is 256 g/mol. The molecule has 0 bridgehead atoms. The minimum atomic E-state index is -0.436. The van der Waals surface area contributed by atoms with Crippen LogP contribution in [0, 0.1) is 5.82 Å². The quantitative estimate of drug-likeness (QED) is 0.554. The number of nitrogen functional groups attached to an aromatic ring is 1. The Morgan fingerprint density at radius 2 is 2.06 bits per heavy atom. The van der Waals surface area contributed by atoms with Crippen LogP contribution in [0.4, 0.5) is 15.8 Å². The van der Waals surface area contributed by atoms with Crippen LogP contribution < -0.4 is 15.8 Å². The second-order valence-corrected chi connectivity index (χ2v) is 3.78. The fourth-order valence-electron chi connectivity index (χ4n) is 1.53. The van der Waals surface area contributed by atoms with Crippen LogP contribution in [0.25, 0.3) is 0 Å². The van der Waals surface area contributed by atoms with Crippen molar-refractivity contribution in [2.75, 3.05) is 37.4 Å². The van der Waals surface area contributed by atoms with Crippen molar-refractivity contribution in [3.05, 3.63) is 17.9 Å². The number of hydrogen-bond acceptors (Lipinski definition) is 4.